The molecule has 0 bridgehead atoms. The number of hydrogen-bond acceptors (Lipinski definition) is 5. The SMILES string of the molecule is Cc1csc(Sc2ccc(NC(=O)/C=C/c3c(C)nn(C)c3C)c(C)c2)n1. The van der Waals surface area contributed by atoms with Crippen molar-refractivity contribution in [2.75, 3.05) is 5.32 Å². The lowest BCUT2D eigenvalue weighted by Crippen LogP contribution is -2.09. The van der Waals surface area contributed by atoms with Crippen molar-refractivity contribution in [2.45, 2.75) is 36.9 Å². The molecule has 5 nitrogen and oxygen atoms in total. The molecule has 0 spiro atoms. The van der Waals surface area contributed by atoms with Crippen molar-refractivity contribution in [1.29, 1.82) is 0 Å². The fraction of sp³-hybridized carbons (Fsp3) is 0.250. The van der Waals surface area contributed by atoms with Gasteiger partial charge in [0.25, 0.3) is 0 Å². The molecule has 2 heterocycles. The largest absolute Gasteiger partial charge is 0.322 e. The van der Waals surface area contributed by atoms with E-state index in [4.69, 9.17) is 0 Å². The first-order valence-corrected chi connectivity index (χ1v) is 10.2. The van der Waals surface area contributed by atoms with E-state index in [1.165, 1.54) is 0 Å². The van der Waals surface area contributed by atoms with E-state index in [0.29, 0.717) is 0 Å². The predicted molar refractivity (Wildman–Crippen MR) is 112 cm³/mol. The van der Waals surface area contributed by atoms with Crippen LogP contribution in [-0.2, 0) is 11.8 Å². The van der Waals surface area contributed by atoms with Gasteiger partial charge in [0.2, 0.25) is 5.91 Å². The third kappa shape index (κ3) is 4.67. The van der Waals surface area contributed by atoms with Gasteiger partial charge in [-0.3, -0.25) is 9.48 Å². The first kappa shape index (κ1) is 19.4. The van der Waals surface area contributed by atoms with Gasteiger partial charge in [0.1, 0.15) is 0 Å². The Hall–Kier alpha value is -2.38. The molecule has 0 aliphatic carbocycles. The minimum atomic E-state index is -0.156. The first-order valence-electron chi connectivity index (χ1n) is 8.53. The van der Waals surface area contributed by atoms with Crippen LogP contribution in [0.15, 0.2) is 38.9 Å². The smallest absolute Gasteiger partial charge is 0.248 e. The Bertz CT molecular complexity index is 1020. The van der Waals surface area contributed by atoms with Crippen LogP contribution in [0.25, 0.3) is 6.08 Å². The summed E-state index contributed by atoms with van der Waals surface area (Å²) < 4.78 is 2.84. The molecule has 2 aromatic heterocycles. The zero-order chi connectivity index (χ0) is 19.6. The lowest BCUT2D eigenvalue weighted by atomic mass is 10.1. The Morgan fingerprint density at radius 2 is 2.04 bits per heavy atom. The second-order valence-electron chi connectivity index (χ2n) is 6.36. The van der Waals surface area contributed by atoms with Crippen molar-refractivity contribution in [2.24, 2.45) is 7.05 Å². The molecule has 3 aromatic rings. The van der Waals surface area contributed by atoms with Gasteiger partial charge < -0.3 is 5.32 Å². The van der Waals surface area contributed by atoms with E-state index >= 15 is 0 Å². The highest BCUT2D eigenvalue weighted by Gasteiger charge is 2.08. The van der Waals surface area contributed by atoms with Gasteiger partial charge in [-0.15, -0.1) is 11.3 Å². The van der Waals surface area contributed by atoms with Gasteiger partial charge in [-0.25, -0.2) is 4.98 Å². The third-order valence-electron chi connectivity index (χ3n) is 4.23. The predicted octanol–water partition coefficient (Wildman–Crippen LogP) is 4.91. The minimum absolute atomic E-state index is 0.156. The van der Waals surface area contributed by atoms with E-state index in [9.17, 15) is 4.79 Å². The van der Waals surface area contributed by atoms with Crippen LogP contribution in [0.3, 0.4) is 0 Å². The Morgan fingerprint density at radius 1 is 1.26 bits per heavy atom. The molecule has 1 aromatic carbocycles. The monoisotopic (exact) mass is 398 g/mol. The number of aromatic nitrogens is 3. The Labute approximate surface area is 167 Å². The van der Waals surface area contributed by atoms with Crippen molar-refractivity contribution in [3.63, 3.8) is 0 Å². The van der Waals surface area contributed by atoms with Gasteiger partial charge in [-0.1, -0.05) is 11.8 Å². The first-order chi connectivity index (χ1) is 12.8. The summed E-state index contributed by atoms with van der Waals surface area (Å²) in [4.78, 5) is 17.9. The maximum Gasteiger partial charge on any atom is 0.248 e. The molecule has 1 N–H and O–H groups in total. The lowest BCUT2D eigenvalue weighted by Gasteiger charge is -2.08. The number of hydrogen-bond donors (Lipinski definition) is 1. The number of carbonyl (C=O) groups is 1. The number of anilines is 1. The average molecular weight is 399 g/mol. The highest BCUT2D eigenvalue weighted by atomic mass is 32.2. The molecule has 0 atom stereocenters. The summed E-state index contributed by atoms with van der Waals surface area (Å²) in [5.74, 6) is -0.156. The molecule has 140 valence electrons. The van der Waals surface area contributed by atoms with Crippen molar-refractivity contribution < 1.29 is 4.79 Å². The van der Waals surface area contributed by atoms with E-state index in [2.05, 4.69) is 21.5 Å². The highest BCUT2D eigenvalue weighted by molar-refractivity contribution is 8.01. The summed E-state index contributed by atoms with van der Waals surface area (Å²) in [6.45, 7) is 7.91. The van der Waals surface area contributed by atoms with Gasteiger partial charge in [0.05, 0.1) is 5.69 Å². The number of aryl methyl sites for hydroxylation is 4. The van der Waals surface area contributed by atoms with Crippen LogP contribution < -0.4 is 5.32 Å². The average Bonchev–Trinajstić information content (AvgIpc) is 3.11. The maximum absolute atomic E-state index is 12.3. The normalized spacial score (nSPS) is 11.3. The molecule has 0 fully saturated rings. The number of rotatable bonds is 5. The van der Waals surface area contributed by atoms with Crippen molar-refractivity contribution >= 4 is 40.8 Å². The Kier molecular flexibility index (Phi) is 5.82. The van der Waals surface area contributed by atoms with E-state index in [1.807, 2.05) is 63.0 Å². The molecule has 0 aliphatic heterocycles. The van der Waals surface area contributed by atoms with Crippen molar-refractivity contribution in [1.82, 2.24) is 14.8 Å². The fourth-order valence-corrected chi connectivity index (χ4v) is 4.59. The number of benzene rings is 1. The highest BCUT2D eigenvalue weighted by Crippen LogP contribution is 2.32. The number of nitrogens with one attached hydrogen (secondary N) is 1. The second kappa shape index (κ2) is 8.10. The molecular weight excluding hydrogens is 376 g/mol. The summed E-state index contributed by atoms with van der Waals surface area (Å²) in [6, 6.07) is 6.00. The Morgan fingerprint density at radius 3 is 2.63 bits per heavy atom. The summed E-state index contributed by atoms with van der Waals surface area (Å²) >= 11 is 3.27. The Balaban J connectivity index is 1.68. The topological polar surface area (TPSA) is 59.8 Å². The van der Waals surface area contributed by atoms with E-state index < -0.39 is 0 Å². The van der Waals surface area contributed by atoms with E-state index in [1.54, 1.807) is 29.2 Å². The molecular formula is C20H22N4OS2. The molecule has 27 heavy (non-hydrogen) atoms. The summed E-state index contributed by atoms with van der Waals surface area (Å²) in [6.07, 6.45) is 3.37. The molecule has 0 radical (unpaired) electrons. The number of carbonyl (C=O) groups excluding carboxylic acids is 1. The van der Waals surface area contributed by atoms with Crippen LogP contribution in [-0.4, -0.2) is 20.7 Å². The molecule has 1 amide bonds. The number of amides is 1. The van der Waals surface area contributed by atoms with Crippen LogP contribution in [0.4, 0.5) is 5.69 Å². The molecule has 0 aliphatic rings. The van der Waals surface area contributed by atoms with Crippen LogP contribution >= 0.6 is 23.1 Å². The molecule has 0 saturated carbocycles. The van der Waals surface area contributed by atoms with Crippen molar-refractivity contribution in [3.05, 3.63) is 57.9 Å². The lowest BCUT2D eigenvalue weighted by molar-refractivity contribution is -0.111. The third-order valence-corrected chi connectivity index (χ3v) is 6.27. The number of nitrogens with zero attached hydrogens (tertiary/aromatic N) is 3. The van der Waals surface area contributed by atoms with Crippen LogP contribution in [0.5, 0.6) is 0 Å². The van der Waals surface area contributed by atoms with E-state index in [-0.39, 0.29) is 5.91 Å². The molecule has 3 rings (SSSR count). The van der Waals surface area contributed by atoms with Gasteiger partial charge in [-0.05, 0) is 57.5 Å². The number of thiazole rings is 1. The van der Waals surface area contributed by atoms with Crippen molar-refractivity contribution in [3.8, 4) is 0 Å². The zero-order valence-corrected chi connectivity index (χ0v) is 17.7. The minimum Gasteiger partial charge on any atom is -0.322 e. The molecule has 0 unspecified atom stereocenters. The standard InChI is InChI=1S/C20H22N4OS2/c1-12-10-16(27-20-21-13(2)11-26-20)6-8-18(12)22-19(25)9-7-17-14(3)23-24(5)15(17)4/h6-11H,1-5H3,(H,22,25)/b9-7+. The van der Waals surface area contributed by atoms with E-state index in [0.717, 1.165) is 43.1 Å². The zero-order valence-electron chi connectivity index (χ0n) is 16.0. The summed E-state index contributed by atoms with van der Waals surface area (Å²) in [5, 5.41) is 9.35. The van der Waals surface area contributed by atoms with Crippen LogP contribution in [0.2, 0.25) is 0 Å². The molecule has 0 saturated heterocycles. The summed E-state index contributed by atoms with van der Waals surface area (Å²) in [7, 11) is 1.90. The fourth-order valence-electron chi connectivity index (χ4n) is 2.68. The van der Waals surface area contributed by atoms with Gasteiger partial charge in [0, 0.05) is 46.0 Å². The molecule has 7 heteroatoms. The van der Waals surface area contributed by atoms with Gasteiger partial charge in [-0.2, -0.15) is 5.10 Å². The van der Waals surface area contributed by atoms with Gasteiger partial charge in [0.15, 0.2) is 4.34 Å². The quantitative estimate of drug-likeness (QED) is 0.620. The van der Waals surface area contributed by atoms with Crippen LogP contribution in [0, 0.1) is 27.7 Å². The maximum atomic E-state index is 12.3. The van der Waals surface area contributed by atoms with Gasteiger partial charge >= 0.3 is 0 Å². The summed E-state index contributed by atoms with van der Waals surface area (Å²) in [5.41, 5.74) is 5.79. The second-order valence-corrected chi connectivity index (χ2v) is 8.54. The van der Waals surface area contributed by atoms with Crippen LogP contribution in [0.1, 0.15) is 28.2 Å².